The van der Waals surface area contributed by atoms with E-state index >= 15 is 0 Å². The summed E-state index contributed by atoms with van der Waals surface area (Å²) in [6, 6.07) is -1.24. The van der Waals surface area contributed by atoms with Crippen molar-refractivity contribution in [1.29, 1.82) is 0 Å². The van der Waals surface area contributed by atoms with Gasteiger partial charge in [0.1, 0.15) is 0 Å². The number of carbonyl (C=O) groups is 2. The topological polar surface area (TPSA) is 91.3 Å². The average Bonchev–Trinajstić information content (AvgIpc) is 2.48. The molecule has 114 valence electrons. The van der Waals surface area contributed by atoms with Gasteiger partial charge in [-0.2, -0.15) is 0 Å². The van der Waals surface area contributed by atoms with Crippen molar-refractivity contribution >= 4 is 12.0 Å². The number of urea groups is 1. The van der Waals surface area contributed by atoms with Gasteiger partial charge in [-0.25, -0.2) is 9.59 Å². The van der Waals surface area contributed by atoms with Gasteiger partial charge < -0.3 is 24.8 Å². The average molecular weight is 287 g/mol. The van der Waals surface area contributed by atoms with Crippen LogP contribution in [0.5, 0.6) is 0 Å². The summed E-state index contributed by atoms with van der Waals surface area (Å²) >= 11 is 0. The molecule has 2 rings (SSSR count). The minimum absolute atomic E-state index is 0.0478. The molecule has 0 aromatic carbocycles. The second kappa shape index (κ2) is 7.41. The predicted octanol–water partition coefficient (Wildman–Crippen LogP) is -1.19. The normalized spacial score (nSPS) is 24.4. The number of nitrogens with one attached hydrogen (secondary N) is 1. The molecule has 2 fully saturated rings. The standard InChI is InChI=1S/C12H21N3O5/c16-11(17)10-9-20-8-5-15(10)12(18)13-1-2-14-3-6-19-7-4-14/h10H,1-9H2,(H,13,18)(H,16,17). The molecule has 0 bridgehead atoms. The Morgan fingerprint density at radius 1 is 1.15 bits per heavy atom. The first-order valence-corrected chi connectivity index (χ1v) is 6.83. The second-order valence-corrected chi connectivity index (χ2v) is 4.81. The van der Waals surface area contributed by atoms with Crippen molar-refractivity contribution in [3.05, 3.63) is 0 Å². The molecule has 8 heteroatoms. The van der Waals surface area contributed by atoms with Gasteiger partial charge in [0.2, 0.25) is 0 Å². The van der Waals surface area contributed by atoms with Crippen LogP contribution in [0.2, 0.25) is 0 Å². The summed E-state index contributed by atoms with van der Waals surface area (Å²) in [5.41, 5.74) is 0. The first kappa shape index (κ1) is 15.0. The summed E-state index contributed by atoms with van der Waals surface area (Å²) < 4.78 is 10.3. The monoisotopic (exact) mass is 287 g/mol. The van der Waals surface area contributed by atoms with Crippen molar-refractivity contribution in [1.82, 2.24) is 15.1 Å². The zero-order valence-electron chi connectivity index (χ0n) is 11.4. The lowest BCUT2D eigenvalue weighted by atomic mass is 10.2. The van der Waals surface area contributed by atoms with Gasteiger partial charge >= 0.3 is 12.0 Å². The fraction of sp³-hybridized carbons (Fsp3) is 0.833. The van der Waals surface area contributed by atoms with Crippen LogP contribution in [0.15, 0.2) is 0 Å². The predicted molar refractivity (Wildman–Crippen MR) is 69.6 cm³/mol. The number of hydrogen-bond donors (Lipinski definition) is 2. The van der Waals surface area contributed by atoms with Gasteiger partial charge in [-0.05, 0) is 0 Å². The number of aliphatic carboxylic acids is 1. The summed E-state index contributed by atoms with van der Waals surface area (Å²) in [6.45, 7) is 5.15. The molecule has 0 radical (unpaired) electrons. The minimum atomic E-state index is -1.03. The van der Waals surface area contributed by atoms with Gasteiger partial charge in [0.15, 0.2) is 6.04 Å². The quantitative estimate of drug-likeness (QED) is 0.676. The maximum absolute atomic E-state index is 12.0. The number of hydrogen-bond acceptors (Lipinski definition) is 5. The first-order chi connectivity index (χ1) is 9.68. The third-order valence-electron chi connectivity index (χ3n) is 3.48. The van der Waals surface area contributed by atoms with Crippen LogP contribution in [0.25, 0.3) is 0 Å². The molecule has 2 aliphatic heterocycles. The van der Waals surface area contributed by atoms with E-state index in [2.05, 4.69) is 10.2 Å². The number of rotatable bonds is 4. The van der Waals surface area contributed by atoms with E-state index in [0.29, 0.717) is 19.7 Å². The summed E-state index contributed by atoms with van der Waals surface area (Å²) in [7, 11) is 0. The van der Waals surface area contributed by atoms with E-state index in [1.165, 1.54) is 4.90 Å². The molecule has 2 aliphatic rings. The van der Waals surface area contributed by atoms with Crippen molar-refractivity contribution in [2.45, 2.75) is 6.04 Å². The Morgan fingerprint density at radius 3 is 2.55 bits per heavy atom. The van der Waals surface area contributed by atoms with Crippen LogP contribution < -0.4 is 5.32 Å². The lowest BCUT2D eigenvalue weighted by Crippen LogP contribution is -2.56. The molecule has 2 N–H and O–H groups in total. The summed E-state index contributed by atoms with van der Waals surface area (Å²) in [4.78, 5) is 26.6. The molecule has 2 saturated heterocycles. The number of carboxylic acid groups (broad SMARTS) is 1. The molecular weight excluding hydrogens is 266 g/mol. The van der Waals surface area contributed by atoms with Crippen LogP contribution in [0.4, 0.5) is 4.79 Å². The fourth-order valence-corrected chi connectivity index (χ4v) is 2.30. The summed E-state index contributed by atoms with van der Waals surface area (Å²) in [5, 5.41) is 11.8. The first-order valence-electron chi connectivity index (χ1n) is 6.83. The number of nitrogens with zero attached hydrogens (tertiary/aromatic N) is 2. The van der Waals surface area contributed by atoms with Crippen molar-refractivity contribution in [3.63, 3.8) is 0 Å². The molecule has 8 nitrogen and oxygen atoms in total. The zero-order chi connectivity index (χ0) is 14.4. The molecule has 2 heterocycles. The maximum Gasteiger partial charge on any atom is 0.328 e. The third-order valence-corrected chi connectivity index (χ3v) is 3.48. The van der Waals surface area contributed by atoms with E-state index < -0.39 is 12.0 Å². The lowest BCUT2D eigenvalue weighted by Gasteiger charge is -2.33. The SMILES string of the molecule is O=C(O)C1COCCN1C(=O)NCCN1CCOCC1. The van der Waals surface area contributed by atoms with E-state index in [0.717, 1.165) is 32.8 Å². The number of amides is 2. The summed E-state index contributed by atoms with van der Waals surface area (Å²) in [6.07, 6.45) is 0. The van der Waals surface area contributed by atoms with Crippen LogP contribution in [0, 0.1) is 0 Å². The van der Waals surface area contributed by atoms with Crippen molar-refractivity contribution in [3.8, 4) is 0 Å². The molecule has 0 aromatic heterocycles. The maximum atomic E-state index is 12.0. The highest BCUT2D eigenvalue weighted by Gasteiger charge is 2.32. The van der Waals surface area contributed by atoms with Crippen molar-refractivity contribution in [2.75, 3.05) is 59.2 Å². The Bertz CT molecular complexity index is 346. The molecule has 0 saturated carbocycles. The van der Waals surface area contributed by atoms with Crippen LogP contribution in [-0.4, -0.2) is 92.1 Å². The lowest BCUT2D eigenvalue weighted by molar-refractivity contribution is -0.147. The molecule has 20 heavy (non-hydrogen) atoms. The molecule has 0 aromatic rings. The molecular formula is C12H21N3O5. The van der Waals surface area contributed by atoms with Gasteiger partial charge in [0.05, 0.1) is 26.4 Å². The van der Waals surface area contributed by atoms with Gasteiger partial charge in [-0.3, -0.25) is 4.90 Å². The van der Waals surface area contributed by atoms with E-state index in [-0.39, 0.29) is 12.6 Å². The Kier molecular flexibility index (Phi) is 5.57. The second-order valence-electron chi connectivity index (χ2n) is 4.81. The Morgan fingerprint density at radius 2 is 1.85 bits per heavy atom. The number of carbonyl (C=O) groups excluding carboxylic acids is 1. The molecule has 2 amide bonds. The number of ether oxygens (including phenoxy) is 2. The van der Waals surface area contributed by atoms with Crippen molar-refractivity contribution < 1.29 is 24.2 Å². The zero-order valence-corrected chi connectivity index (χ0v) is 11.4. The van der Waals surface area contributed by atoms with Gasteiger partial charge in [0.25, 0.3) is 0 Å². The van der Waals surface area contributed by atoms with Crippen LogP contribution in [0.1, 0.15) is 0 Å². The van der Waals surface area contributed by atoms with E-state index in [9.17, 15) is 9.59 Å². The highest BCUT2D eigenvalue weighted by molar-refractivity contribution is 5.82. The smallest absolute Gasteiger partial charge is 0.328 e. The number of carboxylic acids is 1. The molecule has 1 atom stereocenters. The van der Waals surface area contributed by atoms with Crippen molar-refractivity contribution in [2.24, 2.45) is 0 Å². The highest BCUT2D eigenvalue weighted by Crippen LogP contribution is 2.07. The Labute approximate surface area is 117 Å². The van der Waals surface area contributed by atoms with Gasteiger partial charge in [-0.1, -0.05) is 0 Å². The van der Waals surface area contributed by atoms with E-state index in [1.54, 1.807) is 0 Å². The van der Waals surface area contributed by atoms with E-state index in [1.807, 2.05) is 0 Å². The Hall–Kier alpha value is -1.38. The van der Waals surface area contributed by atoms with Crippen LogP contribution >= 0.6 is 0 Å². The molecule has 0 spiro atoms. The highest BCUT2D eigenvalue weighted by atomic mass is 16.5. The molecule has 1 unspecified atom stereocenters. The minimum Gasteiger partial charge on any atom is -0.480 e. The van der Waals surface area contributed by atoms with E-state index in [4.69, 9.17) is 14.6 Å². The molecule has 0 aliphatic carbocycles. The van der Waals surface area contributed by atoms with Crippen LogP contribution in [0.3, 0.4) is 0 Å². The number of morpholine rings is 2. The third kappa shape index (κ3) is 4.06. The van der Waals surface area contributed by atoms with Crippen LogP contribution in [-0.2, 0) is 14.3 Å². The summed E-state index contributed by atoms with van der Waals surface area (Å²) in [5.74, 6) is -1.03. The van der Waals surface area contributed by atoms with Gasteiger partial charge in [-0.15, -0.1) is 0 Å². The Balaban J connectivity index is 1.73. The largest absolute Gasteiger partial charge is 0.480 e. The fourth-order valence-electron chi connectivity index (χ4n) is 2.30. The van der Waals surface area contributed by atoms with Gasteiger partial charge in [0, 0.05) is 32.7 Å².